The fourth-order valence-electron chi connectivity index (χ4n) is 2.22. The van der Waals surface area contributed by atoms with Crippen molar-refractivity contribution in [3.05, 3.63) is 29.6 Å². The van der Waals surface area contributed by atoms with E-state index in [4.69, 9.17) is 15.2 Å². The lowest BCUT2D eigenvalue weighted by Crippen LogP contribution is -2.47. The molecule has 0 spiro atoms. The number of benzene rings is 1. The number of hydrogen-bond donors (Lipinski definition) is 1. The average Bonchev–Trinajstić information content (AvgIpc) is 2.29. The maximum atomic E-state index is 13.2. The summed E-state index contributed by atoms with van der Waals surface area (Å²) in [6.07, 6.45) is 2.22. The van der Waals surface area contributed by atoms with Crippen LogP contribution in [-0.2, 0) is 11.2 Å². The minimum absolute atomic E-state index is 0.253. The zero-order valence-electron chi connectivity index (χ0n) is 10.0. The first-order valence-electron chi connectivity index (χ1n) is 5.82. The minimum atomic E-state index is -0.306. The number of halogens is 1. The fraction of sp³-hybridized carbons (Fsp3) is 0.538. The van der Waals surface area contributed by atoms with E-state index in [1.165, 1.54) is 12.1 Å². The molecule has 1 aromatic carbocycles. The number of methoxy groups -OCH3 is 1. The van der Waals surface area contributed by atoms with E-state index in [9.17, 15) is 4.39 Å². The smallest absolute Gasteiger partial charge is 0.123 e. The molecule has 1 aliphatic heterocycles. The van der Waals surface area contributed by atoms with Crippen LogP contribution < -0.4 is 10.5 Å². The van der Waals surface area contributed by atoms with E-state index in [0.29, 0.717) is 25.4 Å². The largest absolute Gasteiger partial charge is 0.496 e. The van der Waals surface area contributed by atoms with Crippen molar-refractivity contribution >= 4 is 0 Å². The lowest BCUT2D eigenvalue weighted by atomic mass is 9.84. The molecule has 94 valence electrons. The van der Waals surface area contributed by atoms with Gasteiger partial charge in [-0.05, 0) is 43.0 Å². The van der Waals surface area contributed by atoms with Gasteiger partial charge in [-0.3, -0.25) is 0 Å². The Kier molecular flexibility index (Phi) is 3.64. The van der Waals surface area contributed by atoms with Gasteiger partial charge in [0.25, 0.3) is 0 Å². The SMILES string of the molecule is COc1ccc(F)cc1CC1(N)CCOCC1. The van der Waals surface area contributed by atoms with E-state index < -0.39 is 0 Å². The van der Waals surface area contributed by atoms with Gasteiger partial charge in [0.1, 0.15) is 11.6 Å². The van der Waals surface area contributed by atoms with Crippen LogP contribution in [0.4, 0.5) is 4.39 Å². The summed E-state index contributed by atoms with van der Waals surface area (Å²) in [5, 5.41) is 0. The van der Waals surface area contributed by atoms with Crippen molar-refractivity contribution in [3.63, 3.8) is 0 Å². The van der Waals surface area contributed by atoms with Crippen LogP contribution in [0, 0.1) is 5.82 Å². The fourth-order valence-corrected chi connectivity index (χ4v) is 2.22. The highest BCUT2D eigenvalue weighted by Crippen LogP contribution is 2.28. The van der Waals surface area contributed by atoms with Crippen LogP contribution in [0.25, 0.3) is 0 Å². The highest BCUT2D eigenvalue weighted by Gasteiger charge is 2.29. The van der Waals surface area contributed by atoms with Crippen LogP contribution in [0.2, 0.25) is 0 Å². The van der Waals surface area contributed by atoms with Gasteiger partial charge in [-0.25, -0.2) is 4.39 Å². The molecule has 1 aromatic rings. The molecule has 0 atom stereocenters. The average molecular weight is 239 g/mol. The monoisotopic (exact) mass is 239 g/mol. The van der Waals surface area contributed by atoms with Gasteiger partial charge in [-0.15, -0.1) is 0 Å². The maximum absolute atomic E-state index is 13.2. The van der Waals surface area contributed by atoms with Gasteiger partial charge < -0.3 is 15.2 Å². The number of rotatable bonds is 3. The second kappa shape index (κ2) is 5.02. The number of ether oxygens (including phenoxy) is 2. The zero-order valence-corrected chi connectivity index (χ0v) is 10.0. The Morgan fingerprint density at radius 2 is 2.12 bits per heavy atom. The van der Waals surface area contributed by atoms with E-state index in [2.05, 4.69) is 0 Å². The first-order valence-corrected chi connectivity index (χ1v) is 5.82. The summed E-state index contributed by atoms with van der Waals surface area (Å²) in [4.78, 5) is 0. The van der Waals surface area contributed by atoms with Gasteiger partial charge in [-0.2, -0.15) is 0 Å². The summed E-state index contributed by atoms with van der Waals surface area (Å²) < 4.78 is 23.8. The van der Waals surface area contributed by atoms with Crippen LogP contribution in [0.3, 0.4) is 0 Å². The molecule has 0 saturated carbocycles. The molecule has 3 nitrogen and oxygen atoms in total. The Hall–Kier alpha value is -1.13. The number of hydrogen-bond acceptors (Lipinski definition) is 3. The summed E-state index contributed by atoms with van der Waals surface area (Å²) in [5.74, 6) is 0.444. The normalized spacial score (nSPS) is 19.0. The van der Waals surface area contributed by atoms with Gasteiger partial charge in [0, 0.05) is 18.8 Å². The highest BCUT2D eigenvalue weighted by molar-refractivity contribution is 5.35. The Labute approximate surface area is 101 Å². The van der Waals surface area contributed by atoms with Crippen LogP contribution in [0.15, 0.2) is 18.2 Å². The van der Waals surface area contributed by atoms with Gasteiger partial charge in [-0.1, -0.05) is 0 Å². The molecule has 1 saturated heterocycles. The van der Waals surface area contributed by atoms with Crippen LogP contribution in [-0.4, -0.2) is 25.9 Å². The summed E-state index contributed by atoms with van der Waals surface area (Å²) in [5.41, 5.74) is 6.83. The van der Waals surface area contributed by atoms with Crippen LogP contribution in [0.1, 0.15) is 18.4 Å². The first-order chi connectivity index (χ1) is 8.13. The molecule has 1 fully saturated rings. The van der Waals surface area contributed by atoms with Gasteiger partial charge >= 0.3 is 0 Å². The molecule has 0 radical (unpaired) electrons. The zero-order chi connectivity index (χ0) is 12.3. The van der Waals surface area contributed by atoms with E-state index in [1.54, 1.807) is 13.2 Å². The lowest BCUT2D eigenvalue weighted by molar-refractivity contribution is 0.0531. The first kappa shape index (κ1) is 12.3. The number of nitrogens with two attached hydrogens (primary N) is 1. The van der Waals surface area contributed by atoms with Gasteiger partial charge in [0.2, 0.25) is 0 Å². The van der Waals surface area contributed by atoms with Crippen LogP contribution >= 0.6 is 0 Å². The molecule has 2 N–H and O–H groups in total. The molecular weight excluding hydrogens is 221 g/mol. The molecule has 0 bridgehead atoms. The second-order valence-corrected chi connectivity index (χ2v) is 4.61. The molecule has 0 aliphatic carbocycles. The maximum Gasteiger partial charge on any atom is 0.123 e. The van der Waals surface area contributed by atoms with Crippen molar-refractivity contribution in [2.24, 2.45) is 5.73 Å². The Bertz CT molecular complexity index is 389. The lowest BCUT2D eigenvalue weighted by Gasteiger charge is -2.33. The van der Waals surface area contributed by atoms with Crippen molar-refractivity contribution in [3.8, 4) is 5.75 Å². The summed E-state index contributed by atoms with van der Waals surface area (Å²) in [7, 11) is 1.59. The predicted molar refractivity (Wildman–Crippen MR) is 63.6 cm³/mol. The molecule has 0 aromatic heterocycles. The summed E-state index contributed by atoms with van der Waals surface area (Å²) in [6, 6.07) is 4.55. The van der Waals surface area contributed by atoms with E-state index in [1.807, 2.05) is 0 Å². The van der Waals surface area contributed by atoms with Crippen molar-refractivity contribution < 1.29 is 13.9 Å². The predicted octanol–water partition coefficient (Wildman–Crippen LogP) is 1.88. The van der Waals surface area contributed by atoms with Gasteiger partial charge in [0.05, 0.1) is 7.11 Å². The second-order valence-electron chi connectivity index (χ2n) is 4.61. The summed E-state index contributed by atoms with van der Waals surface area (Å²) >= 11 is 0. The van der Waals surface area contributed by atoms with E-state index in [0.717, 1.165) is 18.4 Å². The molecular formula is C13H18FNO2. The minimum Gasteiger partial charge on any atom is -0.496 e. The van der Waals surface area contributed by atoms with Crippen LogP contribution in [0.5, 0.6) is 5.75 Å². The Balaban J connectivity index is 2.19. The molecule has 2 rings (SSSR count). The molecule has 17 heavy (non-hydrogen) atoms. The third kappa shape index (κ3) is 2.96. The van der Waals surface area contributed by atoms with Crippen molar-refractivity contribution in [2.75, 3.05) is 20.3 Å². The molecule has 1 heterocycles. The standard InChI is InChI=1S/C13H18FNO2/c1-16-12-3-2-11(14)8-10(12)9-13(15)4-6-17-7-5-13/h2-3,8H,4-7,9,15H2,1H3. The molecule has 4 heteroatoms. The summed E-state index contributed by atoms with van der Waals surface area (Å²) in [6.45, 7) is 1.35. The Morgan fingerprint density at radius 3 is 2.76 bits per heavy atom. The topological polar surface area (TPSA) is 44.5 Å². The molecule has 1 aliphatic rings. The van der Waals surface area contributed by atoms with Crippen molar-refractivity contribution in [1.29, 1.82) is 0 Å². The van der Waals surface area contributed by atoms with Crippen molar-refractivity contribution in [1.82, 2.24) is 0 Å². The quantitative estimate of drug-likeness (QED) is 0.876. The third-order valence-electron chi connectivity index (χ3n) is 3.27. The van der Waals surface area contributed by atoms with Crippen molar-refractivity contribution in [2.45, 2.75) is 24.8 Å². The van der Waals surface area contributed by atoms with E-state index in [-0.39, 0.29) is 11.4 Å². The molecule has 0 amide bonds. The highest BCUT2D eigenvalue weighted by atomic mass is 19.1. The van der Waals surface area contributed by atoms with E-state index >= 15 is 0 Å². The van der Waals surface area contributed by atoms with Gasteiger partial charge in [0.15, 0.2) is 0 Å². The third-order valence-corrected chi connectivity index (χ3v) is 3.27. The molecule has 0 unspecified atom stereocenters. The Morgan fingerprint density at radius 1 is 1.41 bits per heavy atom.